The van der Waals surface area contributed by atoms with Gasteiger partial charge in [0.2, 0.25) is 0 Å². The van der Waals surface area contributed by atoms with Gasteiger partial charge in [0, 0.05) is 21.0 Å². The Labute approximate surface area is 160 Å². The Bertz CT molecular complexity index is 874. The van der Waals surface area contributed by atoms with Crippen LogP contribution in [-0.2, 0) is 11.3 Å². The minimum atomic E-state index is -0.195. The molecule has 0 aliphatic carbocycles. The van der Waals surface area contributed by atoms with Crippen LogP contribution in [0.25, 0.3) is 0 Å². The normalized spacial score (nSPS) is 10.3. The summed E-state index contributed by atoms with van der Waals surface area (Å²) in [5.74, 6) is 0.241. The molecule has 6 heteroatoms. The van der Waals surface area contributed by atoms with E-state index in [0.29, 0.717) is 28.4 Å². The smallest absolute Gasteiger partial charge is 0.258 e. The van der Waals surface area contributed by atoms with Crippen LogP contribution in [-0.4, -0.2) is 18.3 Å². The molecule has 0 spiro atoms. The van der Waals surface area contributed by atoms with Gasteiger partial charge in [-0.05, 0) is 60.0 Å². The number of hydrogen-bond donors (Lipinski definition) is 1. The molecule has 0 aliphatic heterocycles. The fourth-order valence-corrected chi connectivity index (χ4v) is 3.04. The predicted molar refractivity (Wildman–Crippen MR) is 103 cm³/mol. The van der Waals surface area contributed by atoms with E-state index in [0.717, 1.165) is 4.88 Å². The second-order valence-corrected chi connectivity index (χ2v) is 6.97. The average Bonchev–Trinajstić information content (AvgIpc) is 3.19. The van der Waals surface area contributed by atoms with Gasteiger partial charge in [0.05, 0.1) is 6.54 Å². The van der Waals surface area contributed by atoms with Gasteiger partial charge >= 0.3 is 0 Å². The Morgan fingerprint density at radius 3 is 2.23 bits per heavy atom. The van der Waals surface area contributed by atoms with Crippen LogP contribution in [0.1, 0.15) is 20.8 Å². The first-order valence-corrected chi connectivity index (χ1v) is 9.20. The summed E-state index contributed by atoms with van der Waals surface area (Å²) in [6.07, 6.45) is 0. The van der Waals surface area contributed by atoms with E-state index in [4.69, 9.17) is 16.3 Å². The molecule has 1 amide bonds. The third kappa shape index (κ3) is 4.94. The second kappa shape index (κ2) is 8.65. The number of thiophene rings is 1. The van der Waals surface area contributed by atoms with Gasteiger partial charge in [0.15, 0.2) is 12.4 Å². The SMILES string of the molecule is O=C(COc1ccc(C(=O)c2ccc(Cl)cc2)cc1)NCc1cccs1. The number of rotatable bonds is 7. The molecule has 3 aromatic rings. The van der Waals surface area contributed by atoms with E-state index in [-0.39, 0.29) is 18.3 Å². The minimum absolute atomic E-state index is 0.0736. The Morgan fingerprint density at radius 2 is 1.62 bits per heavy atom. The summed E-state index contributed by atoms with van der Waals surface area (Å²) in [4.78, 5) is 25.3. The molecule has 0 unspecified atom stereocenters. The standard InChI is InChI=1S/C20H16ClNO3S/c21-16-7-3-14(4-8-16)20(24)15-5-9-17(10-6-15)25-13-19(23)22-12-18-2-1-11-26-18/h1-11H,12-13H2,(H,22,23). The van der Waals surface area contributed by atoms with Crippen LogP contribution in [0.15, 0.2) is 66.0 Å². The van der Waals surface area contributed by atoms with Crippen LogP contribution in [0, 0.1) is 0 Å². The molecule has 0 fully saturated rings. The fraction of sp³-hybridized carbons (Fsp3) is 0.100. The lowest BCUT2D eigenvalue weighted by Crippen LogP contribution is -2.28. The quantitative estimate of drug-likeness (QED) is 0.616. The number of halogens is 1. The van der Waals surface area contributed by atoms with Crippen molar-refractivity contribution in [2.75, 3.05) is 6.61 Å². The van der Waals surface area contributed by atoms with Crippen LogP contribution in [0.5, 0.6) is 5.75 Å². The van der Waals surface area contributed by atoms with Crippen LogP contribution < -0.4 is 10.1 Å². The third-order valence-corrected chi connectivity index (χ3v) is 4.76. The summed E-state index contributed by atoms with van der Waals surface area (Å²) in [6.45, 7) is 0.421. The van der Waals surface area contributed by atoms with Crippen molar-refractivity contribution in [3.63, 3.8) is 0 Å². The number of carbonyl (C=O) groups is 2. The molecule has 1 N–H and O–H groups in total. The highest BCUT2D eigenvalue weighted by Crippen LogP contribution is 2.17. The molecule has 26 heavy (non-hydrogen) atoms. The van der Waals surface area contributed by atoms with Crippen LogP contribution in [0.4, 0.5) is 0 Å². The Balaban J connectivity index is 1.51. The van der Waals surface area contributed by atoms with Crippen LogP contribution in [0.3, 0.4) is 0 Å². The van der Waals surface area contributed by atoms with E-state index >= 15 is 0 Å². The van der Waals surface area contributed by atoms with E-state index in [1.807, 2.05) is 17.5 Å². The molecule has 3 rings (SSSR count). The lowest BCUT2D eigenvalue weighted by molar-refractivity contribution is -0.123. The Kier molecular flexibility index (Phi) is 6.04. The van der Waals surface area contributed by atoms with Crippen LogP contribution in [0.2, 0.25) is 5.02 Å². The van der Waals surface area contributed by atoms with Gasteiger partial charge < -0.3 is 10.1 Å². The number of ketones is 1. The zero-order valence-electron chi connectivity index (χ0n) is 13.8. The molecular formula is C20H16ClNO3S. The summed E-state index contributed by atoms with van der Waals surface area (Å²) >= 11 is 7.42. The van der Waals surface area contributed by atoms with Crippen molar-refractivity contribution in [2.24, 2.45) is 0 Å². The number of benzene rings is 2. The molecule has 4 nitrogen and oxygen atoms in total. The van der Waals surface area contributed by atoms with Gasteiger partial charge in [-0.1, -0.05) is 17.7 Å². The first-order valence-electron chi connectivity index (χ1n) is 7.94. The monoisotopic (exact) mass is 385 g/mol. The molecule has 1 aromatic heterocycles. The van der Waals surface area contributed by atoms with E-state index in [1.165, 1.54) is 0 Å². The first-order chi connectivity index (χ1) is 12.6. The highest BCUT2D eigenvalue weighted by molar-refractivity contribution is 7.09. The zero-order valence-corrected chi connectivity index (χ0v) is 15.3. The molecule has 0 radical (unpaired) electrons. The van der Waals surface area contributed by atoms with Gasteiger partial charge in [-0.25, -0.2) is 0 Å². The Hall–Kier alpha value is -2.63. The van der Waals surface area contributed by atoms with Gasteiger partial charge in [-0.3, -0.25) is 9.59 Å². The molecule has 1 heterocycles. The highest BCUT2D eigenvalue weighted by Gasteiger charge is 2.09. The van der Waals surface area contributed by atoms with Crippen molar-refractivity contribution in [1.29, 1.82) is 0 Å². The van der Waals surface area contributed by atoms with E-state index < -0.39 is 0 Å². The van der Waals surface area contributed by atoms with Crippen molar-refractivity contribution in [3.05, 3.63) is 87.1 Å². The lowest BCUT2D eigenvalue weighted by Gasteiger charge is -2.08. The topological polar surface area (TPSA) is 55.4 Å². The van der Waals surface area contributed by atoms with Gasteiger partial charge in [-0.15, -0.1) is 11.3 Å². The predicted octanol–water partition coefficient (Wildman–Crippen LogP) is 4.33. The lowest BCUT2D eigenvalue weighted by atomic mass is 10.0. The van der Waals surface area contributed by atoms with E-state index in [9.17, 15) is 9.59 Å². The van der Waals surface area contributed by atoms with Crippen molar-refractivity contribution in [2.45, 2.75) is 6.54 Å². The third-order valence-electron chi connectivity index (χ3n) is 3.63. The van der Waals surface area contributed by atoms with Gasteiger partial charge in [-0.2, -0.15) is 0 Å². The number of amides is 1. The second-order valence-electron chi connectivity index (χ2n) is 5.51. The minimum Gasteiger partial charge on any atom is -0.484 e. The average molecular weight is 386 g/mol. The summed E-state index contributed by atoms with van der Waals surface area (Å²) in [5.41, 5.74) is 1.11. The van der Waals surface area contributed by atoms with Crippen molar-refractivity contribution in [1.82, 2.24) is 5.32 Å². The maximum absolute atomic E-state index is 12.4. The van der Waals surface area contributed by atoms with Crippen molar-refractivity contribution < 1.29 is 14.3 Å². The van der Waals surface area contributed by atoms with Gasteiger partial charge in [0.25, 0.3) is 5.91 Å². The molecule has 0 aliphatic rings. The molecule has 0 bridgehead atoms. The maximum Gasteiger partial charge on any atom is 0.258 e. The molecule has 0 atom stereocenters. The fourth-order valence-electron chi connectivity index (χ4n) is 2.27. The van der Waals surface area contributed by atoms with Crippen molar-refractivity contribution in [3.8, 4) is 5.75 Å². The van der Waals surface area contributed by atoms with E-state index in [1.54, 1.807) is 59.9 Å². The van der Waals surface area contributed by atoms with Gasteiger partial charge in [0.1, 0.15) is 5.75 Å². The molecular weight excluding hydrogens is 370 g/mol. The Morgan fingerprint density at radius 1 is 0.962 bits per heavy atom. The summed E-state index contributed by atoms with van der Waals surface area (Å²) in [5, 5.41) is 5.34. The molecule has 2 aromatic carbocycles. The molecule has 132 valence electrons. The summed E-state index contributed by atoms with van der Waals surface area (Å²) in [6, 6.07) is 17.3. The number of hydrogen-bond acceptors (Lipinski definition) is 4. The zero-order chi connectivity index (χ0) is 18.4. The molecule has 0 saturated heterocycles. The number of nitrogens with one attached hydrogen (secondary N) is 1. The first kappa shape index (κ1) is 18.2. The summed E-state index contributed by atoms with van der Waals surface area (Å²) in [7, 11) is 0. The summed E-state index contributed by atoms with van der Waals surface area (Å²) < 4.78 is 5.46. The van der Waals surface area contributed by atoms with E-state index in [2.05, 4.69) is 5.32 Å². The molecule has 0 saturated carbocycles. The largest absolute Gasteiger partial charge is 0.484 e. The van der Waals surface area contributed by atoms with Crippen molar-refractivity contribution >= 4 is 34.6 Å². The maximum atomic E-state index is 12.4. The number of ether oxygens (including phenoxy) is 1. The number of carbonyl (C=O) groups excluding carboxylic acids is 2. The highest BCUT2D eigenvalue weighted by atomic mass is 35.5. The van der Waals surface area contributed by atoms with Crippen LogP contribution >= 0.6 is 22.9 Å².